The second-order valence-corrected chi connectivity index (χ2v) is 12.6. The third-order valence-corrected chi connectivity index (χ3v) is 8.58. The van der Waals surface area contributed by atoms with Gasteiger partial charge in [0.2, 0.25) is 0 Å². The molecule has 2 amide bonds. The number of carbonyl (C=O) groups excluding carboxylic acids is 4. The normalized spacial score (nSPS) is 13.0. The summed E-state index contributed by atoms with van der Waals surface area (Å²) in [6.45, 7) is 7.95. The van der Waals surface area contributed by atoms with Gasteiger partial charge >= 0.3 is 13.7 Å². The monoisotopic (exact) mass is 676 g/mol. The summed E-state index contributed by atoms with van der Waals surface area (Å²) < 4.78 is 58.1. The SMILES string of the molecule is Cc1c(C(=O)C(=O)NCCCCO[P@@](=O)(N[C@@H](C)C(=O)OC(C)C)Oc2ccccc2)c(C)n(C)c1C(=O)Nc1ccc(F)c(F)c1. The third-order valence-electron chi connectivity index (χ3n) is 6.90. The van der Waals surface area contributed by atoms with E-state index in [4.69, 9.17) is 13.8 Å². The maximum absolute atomic E-state index is 13.6. The Balaban J connectivity index is 1.56. The smallest absolute Gasteiger partial charge is 0.459 e. The summed E-state index contributed by atoms with van der Waals surface area (Å²) in [7, 11) is -2.49. The van der Waals surface area contributed by atoms with E-state index in [9.17, 15) is 32.5 Å². The number of unbranched alkanes of at least 4 members (excludes halogenated alkanes) is 1. The first-order valence-corrected chi connectivity index (χ1v) is 16.4. The number of ether oxygens (including phenoxy) is 1. The molecule has 2 aromatic carbocycles. The fourth-order valence-corrected chi connectivity index (χ4v) is 6.07. The number of nitrogens with zero attached hydrogens (tertiary/aromatic N) is 1. The van der Waals surface area contributed by atoms with E-state index in [1.165, 1.54) is 24.5 Å². The van der Waals surface area contributed by atoms with Gasteiger partial charge in [-0.25, -0.2) is 13.3 Å². The van der Waals surface area contributed by atoms with Crippen LogP contribution < -0.4 is 20.2 Å². The maximum atomic E-state index is 13.6. The van der Waals surface area contributed by atoms with Gasteiger partial charge in [-0.2, -0.15) is 5.09 Å². The Morgan fingerprint density at radius 1 is 0.957 bits per heavy atom. The summed E-state index contributed by atoms with van der Waals surface area (Å²) in [6.07, 6.45) is 0.269. The number of hydrogen-bond acceptors (Lipinski definition) is 8. The van der Waals surface area contributed by atoms with E-state index >= 15 is 0 Å². The third kappa shape index (κ3) is 10.0. The Morgan fingerprint density at radius 3 is 2.28 bits per heavy atom. The average molecular weight is 677 g/mol. The van der Waals surface area contributed by atoms with Crippen molar-refractivity contribution in [2.45, 2.75) is 59.6 Å². The molecule has 2 atom stereocenters. The van der Waals surface area contributed by atoms with E-state index in [1.807, 2.05) is 0 Å². The Hall–Kier alpha value is -4.39. The molecule has 0 aliphatic heterocycles. The number of amides is 2. The number of carbonyl (C=O) groups is 4. The van der Waals surface area contributed by atoms with Crippen LogP contribution in [0.3, 0.4) is 0 Å². The van der Waals surface area contributed by atoms with Crippen molar-refractivity contribution in [2.75, 3.05) is 18.5 Å². The molecule has 0 fully saturated rings. The van der Waals surface area contributed by atoms with Crippen molar-refractivity contribution in [1.82, 2.24) is 15.0 Å². The number of nitrogens with one attached hydrogen (secondary N) is 3. The number of halogens is 2. The van der Waals surface area contributed by atoms with Crippen LogP contribution in [0.2, 0.25) is 0 Å². The first-order chi connectivity index (χ1) is 22.1. The van der Waals surface area contributed by atoms with Crippen LogP contribution in [0.15, 0.2) is 48.5 Å². The quantitative estimate of drug-likeness (QED) is 0.0596. The summed E-state index contributed by atoms with van der Waals surface area (Å²) in [5.74, 6) is -5.00. The van der Waals surface area contributed by atoms with Crippen LogP contribution in [0.4, 0.5) is 14.5 Å². The van der Waals surface area contributed by atoms with Crippen LogP contribution in [-0.4, -0.2) is 53.4 Å². The number of Topliss-reactive ketones (excluding diaryl/α,β-unsaturated/α-hetero) is 1. The van der Waals surface area contributed by atoms with Crippen molar-refractivity contribution in [2.24, 2.45) is 7.05 Å². The van der Waals surface area contributed by atoms with Gasteiger partial charge in [0.1, 0.15) is 17.5 Å². The highest BCUT2D eigenvalue weighted by atomic mass is 31.2. The number of rotatable bonds is 16. The number of anilines is 1. The molecule has 0 unspecified atom stereocenters. The molecule has 3 rings (SSSR count). The lowest BCUT2D eigenvalue weighted by Gasteiger charge is -2.23. The topological polar surface area (TPSA) is 154 Å². The van der Waals surface area contributed by atoms with Gasteiger partial charge in [0.15, 0.2) is 11.6 Å². The van der Waals surface area contributed by atoms with Crippen molar-refractivity contribution in [3.63, 3.8) is 0 Å². The van der Waals surface area contributed by atoms with Crippen LogP contribution in [0.25, 0.3) is 0 Å². The summed E-state index contributed by atoms with van der Waals surface area (Å²) in [5.41, 5.74) is 0.733. The Kier molecular flexibility index (Phi) is 13.0. The molecule has 0 spiro atoms. The van der Waals surface area contributed by atoms with Gasteiger partial charge in [-0.05, 0) is 77.3 Å². The number of esters is 1. The molecule has 0 radical (unpaired) electrons. The van der Waals surface area contributed by atoms with E-state index in [0.717, 1.165) is 12.1 Å². The van der Waals surface area contributed by atoms with Gasteiger partial charge in [0.25, 0.3) is 17.6 Å². The van der Waals surface area contributed by atoms with Crippen molar-refractivity contribution in [3.05, 3.63) is 82.7 Å². The summed E-state index contributed by atoms with van der Waals surface area (Å²) in [4.78, 5) is 51.1. The molecule has 47 heavy (non-hydrogen) atoms. The minimum Gasteiger partial charge on any atom is -0.462 e. The van der Waals surface area contributed by atoms with Gasteiger partial charge in [0.05, 0.1) is 18.3 Å². The molecule has 3 N–H and O–H groups in total. The number of benzene rings is 2. The molecule has 0 aliphatic rings. The zero-order valence-electron chi connectivity index (χ0n) is 27.0. The molecule has 15 heteroatoms. The van der Waals surface area contributed by atoms with Crippen molar-refractivity contribution >= 4 is 37.0 Å². The second kappa shape index (κ2) is 16.4. The standard InChI is InChI=1S/C32H39F2N4O8P/c1-19(2)45-32(42)21(4)37-47(43,46-24-12-8-7-9-13-24)44-17-11-10-16-35-31(41)29(39)27-20(3)28(38(6)22(27)5)30(40)36-23-14-15-25(33)26(34)18-23/h7-9,12-15,18-19,21H,10-11,16-17H2,1-6H3,(H,35,41)(H,36,40)(H,37,43)/t21-,47-/m0/s1. The fourth-order valence-electron chi connectivity index (χ4n) is 4.54. The van der Waals surface area contributed by atoms with Crippen LogP contribution in [0.5, 0.6) is 5.75 Å². The minimum absolute atomic E-state index is 0.0173. The van der Waals surface area contributed by atoms with Gasteiger partial charge in [-0.15, -0.1) is 0 Å². The number of ketones is 1. The number of aromatic nitrogens is 1. The van der Waals surface area contributed by atoms with E-state index in [0.29, 0.717) is 18.5 Å². The molecule has 254 valence electrons. The molecule has 3 aromatic rings. The van der Waals surface area contributed by atoms with Gasteiger partial charge in [-0.3, -0.25) is 23.7 Å². The maximum Gasteiger partial charge on any atom is 0.459 e. The highest BCUT2D eigenvalue weighted by molar-refractivity contribution is 7.52. The Morgan fingerprint density at radius 2 is 1.64 bits per heavy atom. The predicted molar refractivity (Wildman–Crippen MR) is 170 cm³/mol. The van der Waals surface area contributed by atoms with Crippen molar-refractivity contribution in [1.29, 1.82) is 0 Å². The van der Waals surface area contributed by atoms with Crippen LogP contribution in [0, 0.1) is 25.5 Å². The van der Waals surface area contributed by atoms with E-state index in [-0.39, 0.29) is 47.5 Å². The van der Waals surface area contributed by atoms with E-state index in [2.05, 4.69) is 15.7 Å². The summed E-state index contributed by atoms with van der Waals surface area (Å²) in [6, 6.07) is 10.2. The number of hydrogen-bond donors (Lipinski definition) is 3. The second-order valence-electron chi connectivity index (χ2n) is 10.9. The van der Waals surface area contributed by atoms with Crippen LogP contribution in [-0.2, 0) is 30.5 Å². The fraction of sp³-hybridized carbons (Fsp3) is 0.375. The highest BCUT2D eigenvalue weighted by Gasteiger charge is 2.33. The van der Waals surface area contributed by atoms with Crippen molar-refractivity contribution < 1.29 is 46.3 Å². The van der Waals surface area contributed by atoms with Crippen molar-refractivity contribution in [3.8, 4) is 5.75 Å². The first kappa shape index (κ1) is 37.1. The molecular formula is C32H39F2N4O8P. The Bertz CT molecular complexity index is 1660. The molecule has 0 bridgehead atoms. The summed E-state index contributed by atoms with van der Waals surface area (Å²) in [5, 5.41) is 7.60. The van der Waals surface area contributed by atoms with E-state index < -0.39 is 49.0 Å². The lowest BCUT2D eigenvalue weighted by molar-refractivity contribution is -0.149. The molecular weight excluding hydrogens is 637 g/mol. The lowest BCUT2D eigenvalue weighted by Crippen LogP contribution is -2.36. The molecule has 0 saturated heterocycles. The largest absolute Gasteiger partial charge is 0.462 e. The van der Waals surface area contributed by atoms with Gasteiger partial charge < -0.3 is 24.5 Å². The zero-order valence-corrected chi connectivity index (χ0v) is 27.9. The van der Waals surface area contributed by atoms with Gasteiger partial charge in [0, 0.05) is 31.0 Å². The minimum atomic E-state index is -4.03. The molecule has 0 saturated carbocycles. The Labute approximate surface area is 271 Å². The average Bonchev–Trinajstić information content (AvgIpc) is 3.23. The first-order valence-electron chi connectivity index (χ1n) is 14.9. The zero-order chi connectivity index (χ0) is 34.9. The molecule has 0 aliphatic carbocycles. The van der Waals surface area contributed by atoms with Crippen LogP contribution in [0.1, 0.15) is 65.7 Å². The lowest BCUT2D eigenvalue weighted by atomic mass is 10.0. The molecule has 1 heterocycles. The summed E-state index contributed by atoms with van der Waals surface area (Å²) >= 11 is 0. The highest BCUT2D eigenvalue weighted by Crippen LogP contribution is 2.45. The number of para-hydroxylation sites is 1. The van der Waals surface area contributed by atoms with Gasteiger partial charge in [-0.1, -0.05) is 18.2 Å². The molecule has 12 nitrogen and oxygen atoms in total. The van der Waals surface area contributed by atoms with Crippen LogP contribution >= 0.6 is 7.75 Å². The van der Waals surface area contributed by atoms with E-state index in [1.54, 1.807) is 58.2 Å². The predicted octanol–water partition coefficient (Wildman–Crippen LogP) is 5.38. The molecule has 1 aromatic heterocycles.